The van der Waals surface area contributed by atoms with Crippen molar-refractivity contribution in [1.82, 2.24) is 4.98 Å². The van der Waals surface area contributed by atoms with E-state index < -0.39 is 0 Å². The van der Waals surface area contributed by atoms with Crippen molar-refractivity contribution in [2.45, 2.75) is 12.5 Å². The number of nitrogen functional groups attached to an aromatic ring is 1. The maximum absolute atomic E-state index is 5.63. The number of nitrogens with zero attached hydrogens (tertiary/aromatic N) is 2. The summed E-state index contributed by atoms with van der Waals surface area (Å²) in [6.45, 7) is 2.12. The Bertz CT molecular complexity index is 366. The van der Waals surface area contributed by atoms with Crippen molar-refractivity contribution in [3.63, 3.8) is 0 Å². The highest BCUT2D eigenvalue weighted by Gasteiger charge is 2.47. The van der Waals surface area contributed by atoms with E-state index in [0.717, 1.165) is 24.6 Å². The number of rotatable bonds is 2. The van der Waals surface area contributed by atoms with Gasteiger partial charge in [-0.1, -0.05) is 0 Å². The molecule has 0 aromatic carbocycles. The number of aromatic nitrogens is 1. The van der Waals surface area contributed by atoms with E-state index in [-0.39, 0.29) is 0 Å². The quantitative estimate of drug-likeness (QED) is 0.810. The summed E-state index contributed by atoms with van der Waals surface area (Å²) in [5, 5.41) is 0. The molecular formula is C12H17N3O. The Morgan fingerprint density at radius 1 is 1.38 bits per heavy atom. The standard InChI is InChI=1S/C12H17N3O/c1-16-12-8-4-9(12)7-15(6-8)11-3-2-10(13)5-14-11/h2-3,5,8-9,12H,4,6-7,13H2,1H3. The number of nitrogens with two attached hydrogens (primary N) is 1. The fourth-order valence-corrected chi connectivity index (χ4v) is 3.00. The molecule has 3 heterocycles. The second kappa shape index (κ2) is 3.63. The van der Waals surface area contributed by atoms with Gasteiger partial charge in [0.25, 0.3) is 0 Å². The monoisotopic (exact) mass is 219 g/mol. The second-order valence-corrected chi connectivity index (χ2v) is 4.81. The maximum atomic E-state index is 5.63. The van der Waals surface area contributed by atoms with Gasteiger partial charge in [0.2, 0.25) is 0 Å². The lowest BCUT2D eigenvalue weighted by atomic mass is 9.68. The fourth-order valence-electron chi connectivity index (χ4n) is 3.00. The van der Waals surface area contributed by atoms with Gasteiger partial charge in [-0.05, 0) is 18.6 Å². The molecule has 4 nitrogen and oxygen atoms in total. The van der Waals surface area contributed by atoms with Crippen molar-refractivity contribution in [1.29, 1.82) is 0 Å². The topological polar surface area (TPSA) is 51.4 Å². The molecule has 3 aliphatic rings. The number of pyridine rings is 1. The Morgan fingerprint density at radius 3 is 2.69 bits per heavy atom. The molecule has 1 aromatic rings. The Balaban J connectivity index is 1.73. The normalized spacial score (nSPS) is 32.3. The summed E-state index contributed by atoms with van der Waals surface area (Å²) < 4.78 is 5.49. The lowest BCUT2D eigenvalue weighted by Gasteiger charge is -2.53. The summed E-state index contributed by atoms with van der Waals surface area (Å²) in [6.07, 6.45) is 3.51. The van der Waals surface area contributed by atoms with Crippen LogP contribution in [0, 0.1) is 11.8 Å². The van der Waals surface area contributed by atoms with Crippen LogP contribution in [0.4, 0.5) is 11.5 Å². The SMILES string of the molecule is COC1C2CC1CN(c1ccc(N)cn1)C2. The Labute approximate surface area is 95.4 Å². The Kier molecular flexibility index (Phi) is 2.24. The number of hydrogen-bond acceptors (Lipinski definition) is 4. The third-order valence-corrected chi connectivity index (χ3v) is 3.81. The molecular weight excluding hydrogens is 202 g/mol. The third kappa shape index (κ3) is 1.45. The van der Waals surface area contributed by atoms with Crippen LogP contribution in [0.1, 0.15) is 6.42 Å². The molecule has 0 spiro atoms. The number of piperidine rings is 2. The molecule has 4 rings (SSSR count). The molecule has 4 heteroatoms. The van der Waals surface area contributed by atoms with E-state index in [2.05, 4.69) is 9.88 Å². The zero-order chi connectivity index (χ0) is 11.1. The molecule has 16 heavy (non-hydrogen) atoms. The molecule has 2 bridgehead atoms. The first kappa shape index (κ1) is 9.90. The van der Waals surface area contributed by atoms with Crippen LogP contribution in [-0.4, -0.2) is 31.3 Å². The molecule has 2 N–H and O–H groups in total. The van der Waals surface area contributed by atoms with Gasteiger partial charge in [-0.3, -0.25) is 0 Å². The van der Waals surface area contributed by atoms with E-state index in [1.165, 1.54) is 6.42 Å². The summed E-state index contributed by atoms with van der Waals surface area (Å²) in [4.78, 5) is 6.71. The van der Waals surface area contributed by atoms with Crippen LogP contribution in [0.3, 0.4) is 0 Å². The van der Waals surface area contributed by atoms with Gasteiger partial charge in [0.15, 0.2) is 0 Å². The van der Waals surface area contributed by atoms with Gasteiger partial charge < -0.3 is 15.4 Å². The number of methoxy groups -OCH3 is 1. The predicted octanol–water partition coefficient (Wildman–Crippen LogP) is 1.13. The predicted molar refractivity (Wildman–Crippen MR) is 63.3 cm³/mol. The lowest BCUT2D eigenvalue weighted by molar-refractivity contribution is -0.0816. The van der Waals surface area contributed by atoms with Crippen molar-refractivity contribution in [2.75, 3.05) is 30.8 Å². The summed E-state index contributed by atoms with van der Waals surface area (Å²) >= 11 is 0. The zero-order valence-electron chi connectivity index (χ0n) is 9.47. The van der Waals surface area contributed by atoms with E-state index in [0.29, 0.717) is 17.9 Å². The molecule has 0 amide bonds. The van der Waals surface area contributed by atoms with Crippen molar-refractivity contribution < 1.29 is 4.74 Å². The van der Waals surface area contributed by atoms with Crippen LogP contribution in [0.15, 0.2) is 18.3 Å². The lowest BCUT2D eigenvalue weighted by Crippen LogP contribution is -2.59. The summed E-state index contributed by atoms with van der Waals surface area (Å²) in [7, 11) is 1.82. The second-order valence-electron chi connectivity index (χ2n) is 4.81. The molecule has 2 aliphatic heterocycles. The van der Waals surface area contributed by atoms with E-state index >= 15 is 0 Å². The highest BCUT2D eigenvalue weighted by molar-refractivity contribution is 5.46. The van der Waals surface area contributed by atoms with Gasteiger partial charge in [0.05, 0.1) is 18.0 Å². The first-order valence-electron chi connectivity index (χ1n) is 5.77. The maximum Gasteiger partial charge on any atom is 0.128 e. The summed E-state index contributed by atoms with van der Waals surface area (Å²) in [6, 6.07) is 3.91. The molecule has 2 saturated heterocycles. The molecule has 1 saturated carbocycles. The van der Waals surface area contributed by atoms with Gasteiger partial charge in [0.1, 0.15) is 5.82 Å². The van der Waals surface area contributed by atoms with Gasteiger partial charge >= 0.3 is 0 Å². The number of hydrogen-bond donors (Lipinski definition) is 1. The number of ether oxygens (including phenoxy) is 1. The van der Waals surface area contributed by atoms with Crippen molar-refractivity contribution in [3.8, 4) is 0 Å². The average molecular weight is 219 g/mol. The van der Waals surface area contributed by atoms with Crippen LogP contribution in [0.5, 0.6) is 0 Å². The van der Waals surface area contributed by atoms with E-state index in [1.54, 1.807) is 6.20 Å². The van der Waals surface area contributed by atoms with Gasteiger partial charge in [-0.2, -0.15) is 0 Å². The summed E-state index contributed by atoms with van der Waals surface area (Å²) in [5.41, 5.74) is 6.36. The zero-order valence-corrected chi connectivity index (χ0v) is 9.47. The van der Waals surface area contributed by atoms with E-state index in [9.17, 15) is 0 Å². The first-order valence-corrected chi connectivity index (χ1v) is 5.77. The smallest absolute Gasteiger partial charge is 0.128 e. The highest BCUT2D eigenvalue weighted by atomic mass is 16.5. The Morgan fingerprint density at radius 2 is 2.12 bits per heavy atom. The van der Waals surface area contributed by atoms with Gasteiger partial charge in [-0.25, -0.2) is 4.98 Å². The largest absolute Gasteiger partial charge is 0.397 e. The minimum Gasteiger partial charge on any atom is -0.397 e. The van der Waals surface area contributed by atoms with Crippen molar-refractivity contribution in [3.05, 3.63) is 18.3 Å². The van der Waals surface area contributed by atoms with E-state index in [1.807, 2.05) is 19.2 Å². The van der Waals surface area contributed by atoms with Crippen molar-refractivity contribution in [2.24, 2.45) is 11.8 Å². The third-order valence-electron chi connectivity index (χ3n) is 3.81. The fraction of sp³-hybridized carbons (Fsp3) is 0.583. The average Bonchev–Trinajstić information content (AvgIpc) is 2.30. The number of fused-ring (bicyclic) bond motifs is 2. The molecule has 86 valence electrons. The molecule has 2 atom stereocenters. The van der Waals surface area contributed by atoms with Gasteiger partial charge in [-0.15, -0.1) is 0 Å². The first-order chi connectivity index (χ1) is 7.78. The van der Waals surface area contributed by atoms with E-state index in [4.69, 9.17) is 10.5 Å². The van der Waals surface area contributed by atoms with Gasteiger partial charge in [0, 0.05) is 32.0 Å². The molecule has 3 fully saturated rings. The molecule has 1 aromatic heterocycles. The molecule has 0 radical (unpaired) electrons. The highest BCUT2D eigenvalue weighted by Crippen LogP contribution is 2.42. The van der Waals surface area contributed by atoms with Crippen LogP contribution in [0.2, 0.25) is 0 Å². The minimum atomic E-state index is 0.477. The summed E-state index contributed by atoms with van der Waals surface area (Å²) in [5.74, 6) is 2.41. The molecule has 2 unspecified atom stereocenters. The van der Waals surface area contributed by atoms with Crippen LogP contribution >= 0.6 is 0 Å². The van der Waals surface area contributed by atoms with Crippen LogP contribution in [-0.2, 0) is 4.74 Å². The number of anilines is 2. The molecule has 1 aliphatic carbocycles. The van der Waals surface area contributed by atoms with Crippen LogP contribution in [0.25, 0.3) is 0 Å². The van der Waals surface area contributed by atoms with Crippen LogP contribution < -0.4 is 10.6 Å². The van der Waals surface area contributed by atoms with Crippen molar-refractivity contribution >= 4 is 11.5 Å². The minimum absolute atomic E-state index is 0.477. The Hall–Kier alpha value is -1.29.